The second-order valence-electron chi connectivity index (χ2n) is 5.17. The molecule has 0 saturated carbocycles. The van der Waals surface area contributed by atoms with Gasteiger partial charge in [-0.1, -0.05) is 23.2 Å². The second kappa shape index (κ2) is 7.87. The van der Waals surface area contributed by atoms with E-state index in [1.54, 1.807) is 18.2 Å². The van der Waals surface area contributed by atoms with Crippen molar-refractivity contribution < 1.29 is 9.53 Å². The van der Waals surface area contributed by atoms with Gasteiger partial charge in [0.15, 0.2) is 0 Å². The number of carbonyl (C=O) groups is 1. The minimum Gasteiger partial charge on any atom is -0.492 e. The number of nitrogens with one attached hydrogen (secondary N) is 1. The maximum Gasteiger partial charge on any atom is 0.223 e. The molecule has 1 heterocycles. The van der Waals surface area contributed by atoms with E-state index < -0.39 is 0 Å². The molecule has 1 amide bonds. The van der Waals surface area contributed by atoms with Gasteiger partial charge in [-0.3, -0.25) is 4.79 Å². The van der Waals surface area contributed by atoms with E-state index in [1.807, 2.05) is 4.90 Å². The molecule has 21 heavy (non-hydrogen) atoms. The monoisotopic (exact) mass is 330 g/mol. The van der Waals surface area contributed by atoms with Crippen molar-refractivity contribution in [2.24, 2.45) is 0 Å². The summed E-state index contributed by atoms with van der Waals surface area (Å²) in [7, 11) is 0. The molecule has 1 aliphatic heterocycles. The minimum absolute atomic E-state index is 0.190. The Morgan fingerprint density at radius 3 is 3.00 bits per heavy atom. The molecule has 2 rings (SSSR count). The molecule has 1 aromatic rings. The number of rotatable bonds is 5. The molecule has 6 heteroatoms. The van der Waals surface area contributed by atoms with Crippen molar-refractivity contribution in [3.63, 3.8) is 0 Å². The van der Waals surface area contributed by atoms with Crippen LogP contribution >= 0.6 is 23.2 Å². The van der Waals surface area contributed by atoms with Crippen LogP contribution in [0.2, 0.25) is 10.0 Å². The fraction of sp³-hybridized carbons (Fsp3) is 0.533. The lowest BCUT2D eigenvalue weighted by molar-refractivity contribution is -0.134. The summed E-state index contributed by atoms with van der Waals surface area (Å²) < 4.78 is 5.58. The molecule has 1 fully saturated rings. The van der Waals surface area contributed by atoms with E-state index in [0.29, 0.717) is 35.2 Å². The largest absolute Gasteiger partial charge is 0.492 e. The predicted octanol–water partition coefficient (Wildman–Crippen LogP) is 2.97. The number of amides is 1. The lowest BCUT2D eigenvalue weighted by Gasteiger charge is -2.34. The third kappa shape index (κ3) is 4.77. The summed E-state index contributed by atoms with van der Waals surface area (Å²) in [5.41, 5.74) is 0. The van der Waals surface area contributed by atoms with Crippen molar-refractivity contribution in [2.45, 2.75) is 25.8 Å². The van der Waals surface area contributed by atoms with Gasteiger partial charge in [-0.15, -0.1) is 0 Å². The maximum absolute atomic E-state index is 12.1. The average Bonchev–Trinajstić information content (AvgIpc) is 2.45. The molecule has 1 unspecified atom stereocenters. The first-order chi connectivity index (χ1) is 10.1. The van der Waals surface area contributed by atoms with Crippen LogP contribution in [0.1, 0.15) is 19.8 Å². The summed E-state index contributed by atoms with van der Waals surface area (Å²) >= 11 is 11.8. The summed E-state index contributed by atoms with van der Waals surface area (Å²) in [6.07, 6.45) is 1.17. The van der Waals surface area contributed by atoms with Crippen LogP contribution in [0.4, 0.5) is 0 Å². The summed E-state index contributed by atoms with van der Waals surface area (Å²) in [5, 5.41) is 4.34. The summed E-state index contributed by atoms with van der Waals surface area (Å²) in [5.74, 6) is 0.791. The topological polar surface area (TPSA) is 41.6 Å². The predicted molar refractivity (Wildman–Crippen MR) is 85.2 cm³/mol. The van der Waals surface area contributed by atoms with Crippen molar-refractivity contribution in [2.75, 3.05) is 26.2 Å². The van der Waals surface area contributed by atoms with Crippen molar-refractivity contribution in [1.29, 1.82) is 0 Å². The molecule has 0 bridgehead atoms. The zero-order valence-corrected chi connectivity index (χ0v) is 13.6. The number of nitrogens with zero attached hydrogens (tertiary/aromatic N) is 1. The number of hydrogen-bond donors (Lipinski definition) is 1. The van der Waals surface area contributed by atoms with Crippen LogP contribution in [0.25, 0.3) is 0 Å². The van der Waals surface area contributed by atoms with Gasteiger partial charge in [0.25, 0.3) is 0 Å². The van der Waals surface area contributed by atoms with Crippen molar-refractivity contribution >= 4 is 29.1 Å². The van der Waals surface area contributed by atoms with Gasteiger partial charge in [-0.2, -0.15) is 0 Å². The highest BCUT2D eigenvalue weighted by molar-refractivity contribution is 6.35. The summed E-state index contributed by atoms with van der Waals surface area (Å²) in [6, 6.07) is 5.38. The third-order valence-electron chi connectivity index (χ3n) is 3.51. The molecule has 0 aliphatic carbocycles. The van der Waals surface area contributed by atoms with E-state index >= 15 is 0 Å². The first kappa shape index (κ1) is 16.4. The Morgan fingerprint density at radius 1 is 1.48 bits per heavy atom. The summed E-state index contributed by atoms with van der Waals surface area (Å²) in [4.78, 5) is 14.1. The number of hydrogen-bond acceptors (Lipinski definition) is 3. The van der Waals surface area contributed by atoms with Gasteiger partial charge >= 0.3 is 0 Å². The van der Waals surface area contributed by atoms with E-state index in [2.05, 4.69) is 12.2 Å². The molecule has 0 aromatic heterocycles. The van der Waals surface area contributed by atoms with E-state index in [4.69, 9.17) is 27.9 Å². The van der Waals surface area contributed by atoms with Crippen LogP contribution in [0, 0.1) is 0 Å². The molecule has 1 aliphatic rings. The number of carbonyl (C=O) groups excluding carboxylic acids is 1. The van der Waals surface area contributed by atoms with Gasteiger partial charge in [0.1, 0.15) is 5.75 Å². The molecular formula is C15H20Cl2N2O2. The Morgan fingerprint density at radius 2 is 2.29 bits per heavy atom. The maximum atomic E-state index is 12.1. The van der Waals surface area contributed by atoms with Gasteiger partial charge in [-0.05, 0) is 31.5 Å². The average molecular weight is 331 g/mol. The molecule has 0 radical (unpaired) electrons. The highest BCUT2D eigenvalue weighted by atomic mass is 35.5. The Hall–Kier alpha value is -0.970. The molecule has 116 valence electrons. The zero-order valence-electron chi connectivity index (χ0n) is 12.1. The van der Waals surface area contributed by atoms with Gasteiger partial charge in [0.2, 0.25) is 5.91 Å². The Kier molecular flexibility index (Phi) is 6.15. The van der Waals surface area contributed by atoms with Gasteiger partial charge in [-0.25, -0.2) is 0 Å². The SMILES string of the molecule is CC1CNCCN1C(=O)CCCOc1ccc(Cl)cc1Cl. The number of halogens is 2. The first-order valence-corrected chi connectivity index (χ1v) is 7.91. The smallest absolute Gasteiger partial charge is 0.223 e. The van der Waals surface area contributed by atoms with Gasteiger partial charge in [0, 0.05) is 37.1 Å². The fourth-order valence-corrected chi connectivity index (χ4v) is 2.82. The molecular weight excluding hydrogens is 311 g/mol. The highest BCUT2D eigenvalue weighted by Crippen LogP contribution is 2.27. The van der Waals surface area contributed by atoms with Gasteiger partial charge < -0.3 is 15.0 Å². The number of benzene rings is 1. The molecule has 0 spiro atoms. The Balaban J connectivity index is 1.73. The van der Waals surface area contributed by atoms with E-state index in [9.17, 15) is 4.79 Å². The van der Waals surface area contributed by atoms with Crippen LogP contribution in [-0.2, 0) is 4.79 Å². The van der Waals surface area contributed by atoms with Crippen molar-refractivity contribution in [3.8, 4) is 5.75 Å². The standard InChI is InChI=1S/C15H20Cl2N2O2/c1-11-10-18-6-7-19(11)15(20)3-2-8-21-14-5-4-12(16)9-13(14)17/h4-5,9,11,18H,2-3,6-8,10H2,1H3. The lowest BCUT2D eigenvalue weighted by atomic mass is 10.2. The lowest BCUT2D eigenvalue weighted by Crippen LogP contribution is -2.52. The molecule has 1 atom stereocenters. The normalized spacial score (nSPS) is 18.6. The first-order valence-electron chi connectivity index (χ1n) is 7.16. The molecule has 1 saturated heterocycles. The number of piperazine rings is 1. The minimum atomic E-state index is 0.190. The quantitative estimate of drug-likeness (QED) is 0.844. The second-order valence-corrected chi connectivity index (χ2v) is 6.01. The Labute approximate surface area is 135 Å². The van der Waals surface area contributed by atoms with E-state index in [0.717, 1.165) is 19.6 Å². The van der Waals surface area contributed by atoms with Crippen LogP contribution in [0.15, 0.2) is 18.2 Å². The van der Waals surface area contributed by atoms with Gasteiger partial charge in [0.05, 0.1) is 11.6 Å². The Bertz CT molecular complexity index is 497. The molecule has 1 aromatic carbocycles. The van der Waals surface area contributed by atoms with Crippen LogP contribution < -0.4 is 10.1 Å². The zero-order chi connectivity index (χ0) is 15.2. The third-order valence-corrected chi connectivity index (χ3v) is 4.04. The van der Waals surface area contributed by atoms with Crippen LogP contribution in [0.3, 0.4) is 0 Å². The molecule has 1 N–H and O–H groups in total. The fourth-order valence-electron chi connectivity index (χ4n) is 2.35. The molecule has 4 nitrogen and oxygen atoms in total. The van der Waals surface area contributed by atoms with E-state index in [-0.39, 0.29) is 11.9 Å². The summed E-state index contributed by atoms with van der Waals surface area (Å²) in [6.45, 7) is 5.04. The van der Waals surface area contributed by atoms with Crippen molar-refractivity contribution in [1.82, 2.24) is 10.2 Å². The highest BCUT2D eigenvalue weighted by Gasteiger charge is 2.22. The van der Waals surface area contributed by atoms with Crippen LogP contribution in [0.5, 0.6) is 5.75 Å². The van der Waals surface area contributed by atoms with E-state index in [1.165, 1.54) is 0 Å². The van der Waals surface area contributed by atoms with Crippen LogP contribution in [-0.4, -0.2) is 43.1 Å². The van der Waals surface area contributed by atoms with Crippen molar-refractivity contribution in [3.05, 3.63) is 28.2 Å². The number of ether oxygens (including phenoxy) is 1.